The van der Waals surface area contributed by atoms with Gasteiger partial charge in [-0.05, 0) is 111 Å². The van der Waals surface area contributed by atoms with Gasteiger partial charge in [-0.2, -0.15) is 0 Å². The molecule has 1 unspecified atom stereocenters. The number of carbonyl (C=O) groups is 3. The van der Waals surface area contributed by atoms with Crippen LogP contribution in [0.25, 0.3) is 0 Å². The summed E-state index contributed by atoms with van der Waals surface area (Å²) in [4.78, 5) is 41.5. The first kappa shape index (κ1) is 37.4. The van der Waals surface area contributed by atoms with Gasteiger partial charge < -0.3 is 19.1 Å². The SMILES string of the molecule is C=S1(=O)NC(=O)c2ccc3c(c2)N(C[C@@H]2CC[C@H]2[C@@](CC(=O)CCC(=O)OC)(OC)/C=C/C[C@H](C)[C@H]1C)C[C@@]1(CCCc2cc(Cl)ccc21)CO3. The Balaban J connectivity index is 1.43. The van der Waals surface area contributed by atoms with Crippen LogP contribution in [0, 0.1) is 17.8 Å². The van der Waals surface area contributed by atoms with Crippen molar-refractivity contribution in [1.82, 2.24) is 4.72 Å². The van der Waals surface area contributed by atoms with Crippen LogP contribution in [0.4, 0.5) is 5.69 Å². The Morgan fingerprint density at radius 3 is 2.67 bits per heavy atom. The predicted octanol–water partition coefficient (Wildman–Crippen LogP) is 6.48. The van der Waals surface area contributed by atoms with Crippen molar-refractivity contribution in [2.24, 2.45) is 17.8 Å². The van der Waals surface area contributed by atoms with Gasteiger partial charge in [-0.15, -0.1) is 0 Å². The third-order valence-corrected chi connectivity index (χ3v) is 14.5. The largest absolute Gasteiger partial charge is 0.490 e. The first-order valence-corrected chi connectivity index (χ1v) is 20.3. The van der Waals surface area contributed by atoms with E-state index in [2.05, 4.69) is 27.6 Å². The van der Waals surface area contributed by atoms with Crippen molar-refractivity contribution in [3.63, 3.8) is 0 Å². The molecule has 1 N–H and O–H groups in total. The summed E-state index contributed by atoms with van der Waals surface area (Å²) < 4.78 is 34.5. The van der Waals surface area contributed by atoms with Gasteiger partial charge in [0.15, 0.2) is 0 Å². The lowest BCUT2D eigenvalue weighted by Crippen LogP contribution is -2.53. The summed E-state index contributed by atoms with van der Waals surface area (Å²) in [6, 6.07) is 11.6. The molecule has 2 aromatic rings. The fraction of sp³-hybridized carbons (Fsp3) is 0.550. The number of benzene rings is 2. The lowest BCUT2D eigenvalue weighted by Gasteiger charge is -2.50. The van der Waals surface area contributed by atoms with Crippen LogP contribution in [-0.2, 0) is 40.6 Å². The number of carbonyl (C=O) groups excluding carboxylic acids is 3. The van der Waals surface area contributed by atoms with Gasteiger partial charge in [0.1, 0.15) is 11.5 Å². The summed E-state index contributed by atoms with van der Waals surface area (Å²) >= 11 is 6.47. The van der Waals surface area contributed by atoms with E-state index in [0.29, 0.717) is 37.4 Å². The number of amides is 1. The predicted molar refractivity (Wildman–Crippen MR) is 202 cm³/mol. The third kappa shape index (κ3) is 7.60. The maximum Gasteiger partial charge on any atom is 0.305 e. The molecular weight excluding hydrogens is 688 g/mol. The molecule has 2 aliphatic carbocycles. The zero-order valence-electron chi connectivity index (χ0n) is 30.2. The smallest absolute Gasteiger partial charge is 0.305 e. The number of halogens is 1. The van der Waals surface area contributed by atoms with E-state index in [4.69, 9.17) is 25.8 Å². The van der Waals surface area contributed by atoms with Crippen LogP contribution in [0.3, 0.4) is 0 Å². The number of ether oxygens (including phenoxy) is 3. The van der Waals surface area contributed by atoms with E-state index in [1.807, 2.05) is 44.2 Å². The van der Waals surface area contributed by atoms with Gasteiger partial charge >= 0.3 is 5.97 Å². The summed E-state index contributed by atoms with van der Waals surface area (Å²) in [5.74, 6) is 3.86. The summed E-state index contributed by atoms with van der Waals surface area (Å²) in [6.07, 6.45) is 9.54. The summed E-state index contributed by atoms with van der Waals surface area (Å²) in [5.41, 5.74) is 2.48. The number of hydrogen-bond acceptors (Lipinski definition) is 8. The fourth-order valence-electron chi connectivity index (χ4n) is 8.67. The Labute approximate surface area is 307 Å². The summed E-state index contributed by atoms with van der Waals surface area (Å²) in [5, 5.41) is 0.284. The van der Waals surface area contributed by atoms with E-state index < -0.39 is 32.4 Å². The number of aryl methyl sites for hydroxylation is 1. The first-order valence-electron chi connectivity index (χ1n) is 18.1. The molecule has 51 heavy (non-hydrogen) atoms. The average molecular weight is 739 g/mol. The van der Waals surface area contributed by atoms with Crippen molar-refractivity contribution in [3.8, 4) is 5.75 Å². The van der Waals surface area contributed by atoms with E-state index in [0.717, 1.165) is 42.8 Å². The maximum absolute atomic E-state index is 13.9. The van der Waals surface area contributed by atoms with Gasteiger partial charge in [-0.3, -0.25) is 19.1 Å². The number of hydrogen-bond donors (Lipinski definition) is 1. The number of nitrogens with one attached hydrogen (secondary N) is 1. The topological polar surface area (TPSA) is 111 Å². The molecule has 2 heterocycles. The Hall–Kier alpha value is -3.34. The van der Waals surface area contributed by atoms with Gasteiger partial charge in [0, 0.05) is 54.3 Å². The van der Waals surface area contributed by atoms with Crippen LogP contribution in [0.2, 0.25) is 5.02 Å². The molecule has 2 aromatic carbocycles. The van der Waals surface area contributed by atoms with Crippen LogP contribution in [0.15, 0.2) is 48.6 Å². The molecular formula is C40H51ClN2O7S. The number of rotatable bonds is 6. The second-order valence-corrected chi connectivity index (χ2v) is 18.0. The van der Waals surface area contributed by atoms with Crippen molar-refractivity contribution in [1.29, 1.82) is 0 Å². The summed E-state index contributed by atoms with van der Waals surface area (Å²) in [7, 11) is -0.0474. The monoisotopic (exact) mass is 738 g/mol. The number of Topliss-reactive ketones (excluding diaryl/α,β-unsaturated/α-hetero) is 1. The molecule has 1 fully saturated rings. The highest BCUT2D eigenvalue weighted by atomic mass is 35.5. The molecule has 4 aliphatic rings. The number of ketones is 1. The molecule has 6 rings (SSSR count). The van der Waals surface area contributed by atoms with E-state index in [9.17, 15) is 18.6 Å². The third-order valence-electron chi connectivity index (χ3n) is 12.1. The normalized spacial score (nSPS) is 32.6. The van der Waals surface area contributed by atoms with Gasteiger partial charge in [-0.25, -0.2) is 4.21 Å². The molecule has 1 spiro atoms. The summed E-state index contributed by atoms with van der Waals surface area (Å²) in [6.45, 7) is 5.64. The number of methoxy groups -OCH3 is 2. The number of esters is 1. The van der Waals surface area contributed by atoms with Crippen molar-refractivity contribution in [2.75, 3.05) is 38.8 Å². The van der Waals surface area contributed by atoms with Crippen LogP contribution in [0.1, 0.15) is 86.7 Å². The molecule has 0 aromatic heterocycles. The molecule has 9 nitrogen and oxygen atoms in total. The first-order chi connectivity index (χ1) is 24.3. The zero-order valence-corrected chi connectivity index (χ0v) is 31.8. The molecule has 2 bridgehead atoms. The van der Waals surface area contributed by atoms with Gasteiger partial charge in [-0.1, -0.05) is 36.7 Å². The Morgan fingerprint density at radius 1 is 1.14 bits per heavy atom. The lowest BCUT2D eigenvalue weighted by atomic mass is 9.62. The molecule has 2 aliphatic heterocycles. The zero-order chi connectivity index (χ0) is 36.6. The van der Waals surface area contributed by atoms with Gasteiger partial charge in [0.2, 0.25) is 0 Å². The van der Waals surface area contributed by atoms with Crippen molar-refractivity contribution >= 4 is 50.5 Å². The van der Waals surface area contributed by atoms with Crippen LogP contribution in [0.5, 0.6) is 5.75 Å². The van der Waals surface area contributed by atoms with Crippen LogP contribution in [-0.4, -0.2) is 72.5 Å². The van der Waals surface area contributed by atoms with E-state index in [-0.39, 0.29) is 48.2 Å². The highest BCUT2D eigenvalue weighted by molar-refractivity contribution is 7.99. The lowest BCUT2D eigenvalue weighted by molar-refractivity contribution is -0.143. The second kappa shape index (κ2) is 15.0. The molecule has 276 valence electrons. The van der Waals surface area contributed by atoms with E-state index in [1.165, 1.54) is 18.2 Å². The fourth-order valence-corrected chi connectivity index (χ4v) is 10.3. The number of allylic oxidation sites excluding steroid dienone is 1. The van der Waals surface area contributed by atoms with Gasteiger partial charge in [0.25, 0.3) is 5.91 Å². The average Bonchev–Trinajstić information content (AvgIpc) is 3.24. The van der Waals surface area contributed by atoms with Crippen LogP contribution >= 0.6 is 11.6 Å². The molecule has 7 atom stereocenters. The van der Waals surface area contributed by atoms with Gasteiger partial charge in [0.05, 0.1) is 41.1 Å². The minimum Gasteiger partial charge on any atom is -0.490 e. The second-order valence-electron chi connectivity index (χ2n) is 15.2. The van der Waals surface area contributed by atoms with E-state index >= 15 is 0 Å². The molecule has 1 amide bonds. The number of nitrogens with zero attached hydrogens (tertiary/aromatic N) is 1. The number of anilines is 1. The standard InChI is InChI=1S/C40H51ClN2O7S/c1-26-8-6-19-40(49-4,22-32(44)13-17-37(45)48-3)34-14-10-30(34)23-43-24-39(18-7-9-28-20-31(41)12-15-33(28)39)25-50-36-16-11-29(21-35(36)43)38(46)42-51(5,47)27(26)2/h6,11-12,15-16,19-21,26-27,30,34H,5,7-10,13-14,17-18,22-25H2,1-4H3,(H,42,46,47)/b19-6+/t26-,27+,30-,34+,39-,40+,51?/m0/s1. The molecule has 11 heteroatoms. The quantitative estimate of drug-likeness (QED) is 0.204. The number of fused-ring (bicyclic) bond motifs is 4. The van der Waals surface area contributed by atoms with Crippen molar-refractivity contribution in [2.45, 2.75) is 87.9 Å². The Kier molecular flexibility index (Phi) is 11.0. The molecule has 1 saturated carbocycles. The minimum absolute atomic E-state index is 0.0195. The highest BCUT2D eigenvalue weighted by Gasteiger charge is 2.50. The highest BCUT2D eigenvalue weighted by Crippen LogP contribution is 2.50. The maximum atomic E-state index is 13.9. The Morgan fingerprint density at radius 2 is 1.94 bits per heavy atom. The Bertz CT molecular complexity index is 1810. The molecule has 0 radical (unpaired) electrons. The van der Waals surface area contributed by atoms with Crippen molar-refractivity contribution in [3.05, 3.63) is 70.3 Å². The van der Waals surface area contributed by atoms with Crippen molar-refractivity contribution < 1.29 is 32.8 Å². The minimum atomic E-state index is -3.03. The van der Waals surface area contributed by atoms with Crippen LogP contribution < -0.4 is 14.4 Å². The molecule has 0 saturated heterocycles. The van der Waals surface area contributed by atoms with E-state index in [1.54, 1.807) is 13.2 Å².